The molecule has 0 aliphatic rings. The molecule has 2 rings (SSSR count). The fraction of sp³-hybridized carbons (Fsp3) is 0.0714. The van der Waals surface area contributed by atoms with E-state index in [1.807, 2.05) is 37.3 Å². The highest BCUT2D eigenvalue weighted by molar-refractivity contribution is 6.00. The number of carbonyl (C=O) groups excluding carboxylic acids is 1. The van der Waals surface area contributed by atoms with Gasteiger partial charge in [-0.3, -0.25) is 4.79 Å². The summed E-state index contributed by atoms with van der Waals surface area (Å²) in [6, 6.07) is 12.9. The monoisotopic (exact) mass is 226 g/mol. The van der Waals surface area contributed by atoms with E-state index < -0.39 is 5.91 Å². The molecule has 0 bridgehead atoms. The van der Waals surface area contributed by atoms with Gasteiger partial charge in [0.1, 0.15) is 0 Å². The highest BCUT2D eigenvalue weighted by Gasteiger charge is 2.10. The molecular weight excluding hydrogens is 212 g/mol. The van der Waals surface area contributed by atoms with Crippen LogP contribution in [0, 0.1) is 6.92 Å². The molecule has 0 aliphatic carbocycles. The van der Waals surface area contributed by atoms with Gasteiger partial charge in [-0.2, -0.15) is 0 Å². The Bertz CT molecular complexity index is 576. The third-order valence-corrected chi connectivity index (χ3v) is 2.73. The SMILES string of the molecule is Cc1cc(N)ccc1-c1ccccc1C(N)=O. The molecule has 0 heterocycles. The normalized spacial score (nSPS) is 10.2. The van der Waals surface area contributed by atoms with Crippen molar-refractivity contribution in [3.63, 3.8) is 0 Å². The van der Waals surface area contributed by atoms with Crippen LogP contribution in [0.4, 0.5) is 5.69 Å². The molecule has 86 valence electrons. The van der Waals surface area contributed by atoms with Crippen molar-refractivity contribution < 1.29 is 4.79 Å². The van der Waals surface area contributed by atoms with Gasteiger partial charge in [-0.05, 0) is 41.8 Å². The fourth-order valence-electron chi connectivity index (χ4n) is 1.92. The van der Waals surface area contributed by atoms with E-state index in [4.69, 9.17) is 11.5 Å². The van der Waals surface area contributed by atoms with E-state index in [1.165, 1.54) is 0 Å². The van der Waals surface area contributed by atoms with Crippen molar-refractivity contribution in [3.05, 3.63) is 53.6 Å². The van der Waals surface area contributed by atoms with Crippen LogP contribution in [0.1, 0.15) is 15.9 Å². The van der Waals surface area contributed by atoms with Crippen LogP contribution in [0.2, 0.25) is 0 Å². The van der Waals surface area contributed by atoms with Gasteiger partial charge in [-0.25, -0.2) is 0 Å². The van der Waals surface area contributed by atoms with Gasteiger partial charge in [0, 0.05) is 11.3 Å². The van der Waals surface area contributed by atoms with Crippen molar-refractivity contribution in [1.29, 1.82) is 0 Å². The summed E-state index contributed by atoms with van der Waals surface area (Å²) >= 11 is 0. The number of nitrogens with two attached hydrogens (primary N) is 2. The Labute approximate surface area is 100 Å². The molecule has 3 nitrogen and oxygen atoms in total. The minimum atomic E-state index is -0.420. The largest absolute Gasteiger partial charge is 0.399 e. The fourth-order valence-corrected chi connectivity index (χ4v) is 1.92. The molecule has 1 amide bonds. The number of nitrogen functional groups attached to an aromatic ring is 1. The van der Waals surface area contributed by atoms with Gasteiger partial charge in [0.05, 0.1) is 0 Å². The quantitative estimate of drug-likeness (QED) is 0.772. The first-order valence-corrected chi connectivity index (χ1v) is 5.35. The standard InChI is InChI=1S/C14H14N2O/c1-9-8-10(15)6-7-11(9)12-4-2-3-5-13(12)14(16)17/h2-8H,15H2,1H3,(H2,16,17). The molecule has 3 heteroatoms. The zero-order valence-corrected chi connectivity index (χ0v) is 9.60. The second kappa shape index (κ2) is 4.29. The number of anilines is 1. The molecule has 0 saturated heterocycles. The molecular formula is C14H14N2O. The average molecular weight is 226 g/mol. The van der Waals surface area contributed by atoms with Crippen molar-refractivity contribution in [2.45, 2.75) is 6.92 Å². The van der Waals surface area contributed by atoms with E-state index >= 15 is 0 Å². The number of benzene rings is 2. The zero-order chi connectivity index (χ0) is 12.4. The van der Waals surface area contributed by atoms with Crippen LogP contribution in [0.3, 0.4) is 0 Å². The molecule has 0 unspecified atom stereocenters. The second-order valence-electron chi connectivity index (χ2n) is 3.98. The van der Waals surface area contributed by atoms with Crippen LogP contribution in [0.25, 0.3) is 11.1 Å². The third kappa shape index (κ3) is 2.13. The van der Waals surface area contributed by atoms with Gasteiger partial charge < -0.3 is 11.5 Å². The molecule has 0 aliphatic heterocycles. The van der Waals surface area contributed by atoms with Crippen molar-refractivity contribution in [1.82, 2.24) is 0 Å². The van der Waals surface area contributed by atoms with Crippen LogP contribution in [0.15, 0.2) is 42.5 Å². The van der Waals surface area contributed by atoms with Crippen LogP contribution >= 0.6 is 0 Å². The van der Waals surface area contributed by atoms with Gasteiger partial charge in [0.2, 0.25) is 5.91 Å². The van der Waals surface area contributed by atoms with Crippen molar-refractivity contribution in [3.8, 4) is 11.1 Å². The lowest BCUT2D eigenvalue weighted by atomic mass is 9.95. The Morgan fingerprint density at radius 2 is 1.76 bits per heavy atom. The van der Waals surface area contributed by atoms with Crippen molar-refractivity contribution in [2.24, 2.45) is 5.73 Å². The molecule has 2 aromatic carbocycles. The molecule has 0 saturated carbocycles. The number of primary amides is 1. The van der Waals surface area contributed by atoms with Crippen molar-refractivity contribution in [2.75, 3.05) is 5.73 Å². The van der Waals surface area contributed by atoms with Crippen molar-refractivity contribution >= 4 is 11.6 Å². The lowest BCUT2D eigenvalue weighted by Crippen LogP contribution is -2.12. The highest BCUT2D eigenvalue weighted by Crippen LogP contribution is 2.27. The summed E-state index contributed by atoms with van der Waals surface area (Å²) in [5.74, 6) is -0.420. The smallest absolute Gasteiger partial charge is 0.249 e. The summed E-state index contributed by atoms with van der Waals surface area (Å²) in [6.45, 7) is 1.96. The molecule has 0 spiro atoms. The average Bonchev–Trinajstić information content (AvgIpc) is 2.29. The van der Waals surface area contributed by atoms with Gasteiger partial charge in [0.15, 0.2) is 0 Å². The minimum absolute atomic E-state index is 0.420. The Kier molecular flexibility index (Phi) is 2.83. The summed E-state index contributed by atoms with van der Waals surface area (Å²) in [7, 11) is 0. The molecule has 0 radical (unpaired) electrons. The van der Waals surface area contributed by atoms with E-state index in [2.05, 4.69) is 0 Å². The topological polar surface area (TPSA) is 69.1 Å². The van der Waals surface area contributed by atoms with Crippen LogP contribution in [0.5, 0.6) is 0 Å². The summed E-state index contributed by atoms with van der Waals surface area (Å²) in [6.07, 6.45) is 0. The van der Waals surface area contributed by atoms with E-state index in [1.54, 1.807) is 12.1 Å². The number of rotatable bonds is 2. The number of carbonyl (C=O) groups is 1. The zero-order valence-electron chi connectivity index (χ0n) is 9.60. The maximum absolute atomic E-state index is 11.4. The van der Waals surface area contributed by atoms with Gasteiger partial charge >= 0.3 is 0 Å². The third-order valence-electron chi connectivity index (χ3n) is 2.73. The van der Waals surface area contributed by atoms with E-state index in [0.29, 0.717) is 11.3 Å². The number of aryl methyl sites for hydroxylation is 1. The van der Waals surface area contributed by atoms with Gasteiger partial charge in [0.25, 0.3) is 0 Å². The van der Waals surface area contributed by atoms with E-state index in [9.17, 15) is 4.79 Å². The van der Waals surface area contributed by atoms with E-state index in [0.717, 1.165) is 16.7 Å². The predicted molar refractivity (Wildman–Crippen MR) is 69.5 cm³/mol. The van der Waals surface area contributed by atoms with Gasteiger partial charge in [-0.15, -0.1) is 0 Å². The minimum Gasteiger partial charge on any atom is -0.399 e. The second-order valence-corrected chi connectivity index (χ2v) is 3.98. The highest BCUT2D eigenvalue weighted by atomic mass is 16.1. The number of hydrogen-bond donors (Lipinski definition) is 2. The number of hydrogen-bond acceptors (Lipinski definition) is 2. The molecule has 0 atom stereocenters. The summed E-state index contributed by atoms with van der Waals surface area (Å²) in [4.78, 5) is 11.4. The first-order chi connectivity index (χ1) is 8.09. The maximum atomic E-state index is 11.4. The molecule has 17 heavy (non-hydrogen) atoms. The lowest BCUT2D eigenvalue weighted by Gasteiger charge is -2.10. The summed E-state index contributed by atoms with van der Waals surface area (Å²) in [5, 5.41) is 0. The maximum Gasteiger partial charge on any atom is 0.249 e. The molecule has 2 aromatic rings. The first-order valence-electron chi connectivity index (χ1n) is 5.35. The van der Waals surface area contributed by atoms with Crippen LogP contribution in [-0.2, 0) is 0 Å². The van der Waals surface area contributed by atoms with Crippen LogP contribution in [-0.4, -0.2) is 5.91 Å². The molecule has 0 aromatic heterocycles. The Morgan fingerprint density at radius 1 is 1.06 bits per heavy atom. The predicted octanol–water partition coefficient (Wildman–Crippen LogP) is 2.34. The summed E-state index contributed by atoms with van der Waals surface area (Å²) in [5.41, 5.74) is 15.2. The first kappa shape index (κ1) is 11.2. The molecule has 4 N–H and O–H groups in total. The lowest BCUT2D eigenvalue weighted by molar-refractivity contribution is 0.100. The summed E-state index contributed by atoms with van der Waals surface area (Å²) < 4.78 is 0. The molecule has 0 fully saturated rings. The Hall–Kier alpha value is -2.29. The Balaban J connectivity index is 2.64. The Morgan fingerprint density at radius 3 is 2.41 bits per heavy atom. The van der Waals surface area contributed by atoms with Gasteiger partial charge in [-0.1, -0.05) is 24.3 Å². The number of amides is 1. The van der Waals surface area contributed by atoms with Crippen LogP contribution < -0.4 is 11.5 Å². The van der Waals surface area contributed by atoms with E-state index in [-0.39, 0.29) is 0 Å².